The van der Waals surface area contributed by atoms with E-state index < -0.39 is 23.7 Å². The third kappa shape index (κ3) is 4.60. The molecule has 1 aliphatic rings. The highest BCUT2D eigenvalue weighted by Gasteiger charge is 2.47. The van der Waals surface area contributed by atoms with Gasteiger partial charge in [0, 0.05) is 11.3 Å². The van der Waals surface area contributed by atoms with E-state index in [9.17, 15) is 19.5 Å². The molecule has 7 nitrogen and oxygen atoms in total. The van der Waals surface area contributed by atoms with E-state index in [4.69, 9.17) is 9.47 Å². The monoisotopic (exact) mass is 485 g/mol. The summed E-state index contributed by atoms with van der Waals surface area (Å²) >= 11 is 0. The number of Topliss-reactive ketones (excluding diaryl/α,β-unsaturated/α-hetero) is 1. The molecule has 7 heteroatoms. The van der Waals surface area contributed by atoms with Crippen molar-refractivity contribution in [1.82, 2.24) is 0 Å². The molecule has 3 aromatic carbocycles. The van der Waals surface area contributed by atoms with E-state index in [1.165, 1.54) is 11.0 Å². The van der Waals surface area contributed by atoms with Gasteiger partial charge >= 0.3 is 5.97 Å². The fourth-order valence-electron chi connectivity index (χ4n) is 4.32. The lowest BCUT2D eigenvalue weighted by Gasteiger charge is -2.27. The van der Waals surface area contributed by atoms with E-state index in [0.29, 0.717) is 29.2 Å². The zero-order chi connectivity index (χ0) is 25.8. The number of carbonyl (C=O) groups excluding carboxylic acids is 3. The van der Waals surface area contributed by atoms with Crippen LogP contribution in [0.2, 0.25) is 0 Å². The Balaban J connectivity index is 1.89. The first-order valence-corrected chi connectivity index (χ1v) is 11.7. The maximum atomic E-state index is 13.4. The van der Waals surface area contributed by atoms with Gasteiger partial charge in [-0.1, -0.05) is 30.3 Å². The Hall–Kier alpha value is -4.39. The number of esters is 1. The minimum Gasteiger partial charge on any atom is -0.507 e. The molecule has 1 N–H and O–H groups in total. The Bertz CT molecular complexity index is 1340. The molecular formula is C29H27NO6. The topological polar surface area (TPSA) is 93.1 Å². The van der Waals surface area contributed by atoms with Crippen LogP contribution in [0.25, 0.3) is 5.76 Å². The number of hydrogen-bond acceptors (Lipinski definition) is 6. The number of amides is 1. The van der Waals surface area contributed by atoms with Crippen LogP contribution in [0.3, 0.4) is 0 Å². The number of benzene rings is 3. The van der Waals surface area contributed by atoms with Gasteiger partial charge in [0.1, 0.15) is 11.5 Å². The van der Waals surface area contributed by atoms with Crippen LogP contribution in [-0.2, 0) is 14.3 Å². The van der Waals surface area contributed by atoms with Gasteiger partial charge in [-0.05, 0) is 74.4 Å². The number of hydrogen-bond donors (Lipinski definition) is 1. The Morgan fingerprint density at radius 3 is 2.31 bits per heavy atom. The molecule has 0 aliphatic carbocycles. The van der Waals surface area contributed by atoms with Gasteiger partial charge in [0.05, 0.1) is 30.4 Å². The first kappa shape index (κ1) is 24.7. The highest BCUT2D eigenvalue weighted by atomic mass is 16.5. The van der Waals surface area contributed by atoms with Gasteiger partial charge in [-0.15, -0.1) is 0 Å². The van der Waals surface area contributed by atoms with E-state index in [1.54, 1.807) is 49.4 Å². The van der Waals surface area contributed by atoms with E-state index in [1.807, 2.05) is 38.1 Å². The molecule has 0 radical (unpaired) electrons. The van der Waals surface area contributed by atoms with Crippen molar-refractivity contribution in [3.05, 3.63) is 101 Å². The molecule has 4 rings (SSSR count). The number of carbonyl (C=O) groups is 3. The maximum absolute atomic E-state index is 13.4. The normalized spacial score (nSPS) is 16.8. The molecule has 1 fully saturated rings. The van der Waals surface area contributed by atoms with Crippen LogP contribution in [-0.4, -0.2) is 36.0 Å². The summed E-state index contributed by atoms with van der Waals surface area (Å²) in [6.45, 7) is 6.16. The van der Waals surface area contributed by atoms with Crippen molar-refractivity contribution in [3.8, 4) is 5.75 Å². The number of ketones is 1. The Kier molecular flexibility index (Phi) is 7.20. The average Bonchev–Trinajstić information content (AvgIpc) is 3.15. The van der Waals surface area contributed by atoms with Gasteiger partial charge in [0.2, 0.25) is 0 Å². The highest BCUT2D eigenvalue weighted by molar-refractivity contribution is 6.51. The van der Waals surface area contributed by atoms with Crippen LogP contribution in [0.15, 0.2) is 78.4 Å². The molecule has 0 bridgehead atoms. The predicted molar refractivity (Wildman–Crippen MR) is 136 cm³/mol. The minimum absolute atomic E-state index is 0.0278. The summed E-state index contributed by atoms with van der Waals surface area (Å²) < 4.78 is 10.6. The Morgan fingerprint density at radius 1 is 0.917 bits per heavy atom. The van der Waals surface area contributed by atoms with Gasteiger partial charge in [-0.25, -0.2) is 4.79 Å². The van der Waals surface area contributed by atoms with Gasteiger partial charge in [-0.3, -0.25) is 14.5 Å². The summed E-state index contributed by atoms with van der Waals surface area (Å²) in [5.74, 6) is -1.79. The summed E-state index contributed by atoms with van der Waals surface area (Å²) in [6, 6.07) is 19.5. The highest BCUT2D eigenvalue weighted by Crippen LogP contribution is 2.43. The van der Waals surface area contributed by atoms with Crippen molar-refractivity contribution in [3.63, 3.8) is 0 Å². The van der Waals surface area contributed by atoms with Crippen LogP contribution in [0.4, 0.5) is 5.69 Å². The number of ether oxygens (including phenoxy) is 2. The van der Waals surface area contributed by atoms with E-state index in [-0.39, 0.29) is 23.5 Å². The lowest BCUT2D eigenvalue weighted by Crippen LogP contribution is -2.30. The van der Waals surface area contributed by atoms with Crippen molar-refractivity contribution in [2.45, 2.75) is 26.8 Å². The molecule has 1 aliphatic heterocycles. The molecule has 3 aromatic rings. The van der Waals surface area contributed by atoms with E-state index >= 15 is 0 Å². The maximum Gasteiger partial charge on any atom is 0.338 e. The second-order valence-corrected chi connectivity index (χ2v) is 8.25. The lowest BCUT2D eigenvalue weighted by atomic mass is 9.92. The number of aryl methyl sites for hydroxylation is 1. The minimum atomic E-state index is -0.893. The van der Waals surface area contributed by atoms with Crippen LogP contribution >= 0.6 is 0 Å². The second-order valence-electron chi connectivity index (χ2n) is 8.25. The van der Waals surface area contributed by atoms with Crippen molar-refractivity contribution >= 4 is 29.1 Å². The number of rotatable bonds is 7. The molecule has 1 amide bonds. The first-order valence-electron chi connectivity index (χ1n) is 11.7. The van der Waals surface area contributed by atoms with Crippen LogP contribution < -0.4 is 9.64 Å². The standard InChI is InChI=1S/C29H27NO6/c1-4-35-22-15-13-19(14-16-22)26(31)24-25(23-12-7-6-9-18(23)3)30(28(33)27(24)32)21-11-8-10-20(17-21)29(34)36-5-2/h6-17,25,31H,4-5H2,1-3H3/b26-24+. The summed E-state index contributed by atoms with van der Waals surface area (Å²) in [5.41, 5.74) is 2.49. The van der Waals surface area contributed by atoms with Crippen molar-refractivity contribution in [2.24, 2.45) is 0 Å². The molecule has 1 atom stereocenters. The number of aliphatic hydroxyl groups excluding tert-OH is 1. The SMILES string of the molecule is CCOC(=O)c1cccc(N2C(=O)C(=O)/C(=C(/O)c3ccc(OCC)cc3)C2c2ccccc2C)c1. The zero-order valence-electron chi connectivity index (χ0n) is 20.4. The third-order valence-corrected chi connectivity index (χ3v) is 6.00. The zero-order valence-corrected chi connectivity index (χ0v) is 20.4. The van der Waals surface area contributed by atoms with E-state index in [2.05, 4.69) is 0 Å². The predicted octanol–water partition coefficient (Wildman–Crippen LogP) is 5.20. The molecule has 36 heavy (non-hydrogen) atoms. The van der Waals surface area contributed by atoms with Crippen LogP contribution in [0.1, 0.15) is 46.9 Å². The molecule has 1 unspecified atom stereocenters. The second kappa shape index (κ2) is 10.5. The van der Waals surface area contributed by atoms with Gasteiger partial charge in [-0.2, -0.15) is 0 Å². The third-order valence-electron chi connectivity index (χ3n) is 6.00. The number of aliphatic hydroxyl groups is 1. The average molecular weight is 486 g/mol. The summed E-state index contributed by atoms with van der Waals surface area (Å²) in [6.07, 6.45) is 0. The van der Waals surface area contributed by atoms with Crippen molar-refractivity contribution in [1.29, 1.82) is 0 Å². The smallest absolute Gasteiger partial charge is 0.338 e. The lowest BCUT2D eigenvalue weighted by molar-refractivity contribution is -0.132. The molecule has 1 saturated heterocycles. The first-order chi connectivity index (χ1) is 17.4. The number of nitrogens with zero attached hydrogens (tertiary/aromatic N) is 1. The molecule has 0 spiro atoms. The fourth-order valence-corrected chi connectivity index (χ4v) is 4.32. The molecule has 1 heterocycles. The molecule has 184 valence electrons. The quantitative estimate of drug-likeness (QED) is 0.214. The van der Waals surface area contributed by atoms with Crippen molar-refractivity contribution in [2.75, 3.05) is 18.1 Å². The van der Waals surface area contributed by atoms with Crippen LogP contribution in [0.5, 0.6) is 5.75 Å². The summed E-state index contributed by atoms with van der Waals surface area (Å²) in [7, 11) is 0. The Morgan fingerprint density at radius 2 is 1.64 bits per heavy atom. The molecular weight excluding hydrogens is 458 g/mol. The summed E-state index contributed by atoms with van der Waals surface area (Å²) in [4.78, 5) is 40.4. The largest absolute Gasteiger partial charge is 0.507 e. The Labute approximate surface area is 209 Å². The van der Waals surface area contributed by atoms with Gasteiger partial charge in [0.15, 0.2) is 0 Å². The van der Waals surface area contributed by atoms with Gasteiger partial charge in [0.25, 0.3) is 11.7 Å². The van der Waals surface area contributed by atoms with E-state index in [0.717, 1.165) is 5.56 Å². The molecule has 0 aromatic heterocycles. The fraction of sp³-hybridized carbons (Fsp3) is 0.207. The van der Waals surface area contributed by atoms with Crippen molar-refractivity contribution < 1.29 is 29.0 Å². The summed E-state index contributed by atoms with van der Waals surface area (Å²) in [5, 5.41) is 11.3. The van der Waals surface area contributed by atoms with Gasteiger partial charge < -0.3 is 14.6 Å². The number of anilines is 1. The van der Waals surface area contributed by atoms with Crippen LogP contribution in [0, 0.1) is 6.92 Å². The molecule has 0 saturated carbocycles.